The molecule has 1 unspecified atom stereocenters. The van der Waals surface area contributed by atoms with Crippen LogP contribution in [0.15, 0.2) is 18.2 Å². The van der Waals surface area contributed by atoms with Gasteiger partial charge in [-0.05, 0) is 31.0 Å². The quantitative estimate of drug-likeness (QED) is 0.838. The highest BCUT2D eigenvalue weighted by molar-refractivity contribution is 5.78. The molecule has 0 aliphatic carbocycles. The molecule has 1 rings (SSSR count). The van der Waals surface area contributed by atoms with Gasteiger partial charge >= 0.3 is 5.97 Å². The third-order valence-electron chi connectivity index (χ3n) is 3.01. The second-order valence-corrected chi connectivity index (χ2v) is 4.27. The molecule has 1 atom stereocenters. The number of carbonyl (C=O) groups is 1. The minimum absolute atomic E-state index is 0.0390. The van der Waals surface area contributed by atoms with E-state index in [0.717, 1.165) is 0 Å². The van der Waals surface area contributed by atoms with E-state index in [1.54, 1.807) is 19.9 Å². The van der Waals surface area contributed by atoms with E-state index in [4.69, 9.17) is 10.4 Å². The molecule has 2 N–H and O–H groups in total. The first-order chi connectivity index (χ1) is 8.42. The number of nitrogens with one attached hydrogen (secondary N) is 1. The van der Waals surface area contributed by atoms with E-state index in [0.29, 0.717) is 12.0 Å². The SMILES string of the molecule is CCC(C)(NCc1ccc(F)c(C#N)c1)C(=O)O. The van der Waals surface area contributed by atoms with Crippen LogP contribution in [0.2, 0.25) is 0 Å². The average Bonchev–Trinajstić information content (AvgIpc) is 2.37. The normalized spacial score (nSPS) is 13.7. The Morgan fingerprint density at radius 2 is 2.28 bits per heavy atom. The van der Waals surface area contributed by atoms with Gasteiger partial charge in [0.25, 0.3) is 0 Å². The zero-order valence-corrected chi connectivity index (χ0v) is 10.3. The second-order valence-electron chi connectivity index (χ2n) is 4.27. The first-order valence-electron chi connectivity index (χ1n) is 5.60. The number of carboxylic acid groups (broad SMARTS) is 1. The van der Waals surface area contributed by atoms with Gasteiger partial charge in [-0.1, -0.05) is 13.0 Å². The highest BCUT2D eigenvalue weighted by Crippen LogP contribution is 2.13. The maximum Gasteiger partial charge on any atom is 0.323 e. The van der Waals surface area contributed by atoms with Crippen LogP contribution in [-0.2, 0) is 11.3 Å². The molecule has 0 bridgehead atoms. The number of benzene rings is 1. The third-order valence-corrected chi connectivity index (χ3v) is 3.01. The van der Waals surface area contributed by atoms with Crippen molar-refractivity contribution in [3.05, 3.63) is 35.1 Å². The topological polar surface area (TPSA) is 73.1 Å². The van der Waals surface area contributed by atoms with Gasteiger partial charge in [0.05, 0.1) is 5.56 Å². The molecule has 0 spiro atoms. The predicted molar refractivity (Wildman–Crippen MR) is 64.3 cm³/mol. The lowest BCUT2D eigenvalue weighted by molar-refractivity contribution is -0.144. The third kappa shape index (κ3) is 3.05. The van der Waals surface area contributed by atoms with Gasteiger partial charge in [-0.15, -0.1) is 0 Å². The summed E-state index contributed by atoms with van der Waals surface area (Å²) >= 11 is 0. The van der Waals surface area contributed by atoms with Gasteiger partial charge in [0.15, 0.2) is 0 Å². The molecular weight excluding hydrogens is 235 g/mol. The van der Waals surface area contributed by atoms with Crippen molar-refractivity contribution in [3.63, 3.8) is 0 Å². The van der Waals surface area contributed by atoms with Gasteiger partial charge in [0.1, 0.15) is 17.4 Å². The highest BCUT2D eigenvalue weighted by Gasteiger charge is 2.30. The van der Waals surface area contributed by atoms with Crippen LogP contribution in [0.25, 0.3) is 0 Å². The van der Waals surface area contributed by atoms with E-state index in [-0.39, 0.29) is 12.1 Å². The maximum absolute atomic E-state index is 13.1. The standard InChI is InChI=1S/C13H15FN2O2/c1-3-13(2,12(17)18)16-8-9-4-5-11(14)10(6-9)7-15/h4-6,16H,3,8H2,1-2H3,(H,17,18). The molecule has 0 radical (unpaired) electrons. The largest absolute Gasteiger partial charge is 0.480 e. The lowest BCUT2D eigenvalue weighted by Gasteiger charge is -2.24. The van der Waals surface area contributed by atoms with Gasteiger partial charge in [0.2, 0.25) is 0 Å². The van der Waals surface area contributed by atoms with E-state index in [2.05, 4.69) is 5.32 Å². The van der Waals surface area contributed by atoms with E-state index in [1.807, 2.05) is 0 Å². The molecule has 0 aliphatic heterocycles. The molecule has 4 nitrogen and oxygen atoms in total. The number of aliphatic carboxylic acids is 1. The number of hydrogen-bond donors (Lipinski definition) is 2. The summed E-state index contributed by atoms with van der Waals surface area (Å²) < 4.78 is 13.1. The first kappa shape index (κ1) is 14.1. The number of hydrogen-bond acceptors (Lipinski definition) is 3. The van der Waals surface area contributed by atoms with Crippen molar-refractivity contribution in [3.8, 4) is 6.07 Å². The van der Waals surface area contributed by atoms with Crippen LogP contribution in [0.5, 0.6) is 0 Å². The summed E-state index contributed by atoms with van der Waals surface area (Å²) in [5.41, 5.74) is -0.391. The smallest absolute Gasteiger partial charge is 0.323 e. The number of nitrogens with zero attached hydrogens (tertiary/aromatic N) is 1. The lowest BCUT2D eigenvalue weighted by atomic mass is 9.98. The van der Waals surface area contributed by atoms with Crippen molar-refractivity contribution in [2.24, 2.45) is 0 Å². The Bertz CT molecular complexity index is 496. The van der Waals surface area contributed by atoms with E-state index in [9.17, 15) is 9.18 Å². The Kier molecular flexibility index (Phi) is 4.40. The summed E-state index contributed by atoms with van der Waals surface area (Å²) in [4.78, 5) is 11.1. The van der Waals surface area contributed by atoms with Gasteiger partial charge in [-0.3, -0.25) is 10.1 Å². The Hall–Kier alpha value is -1.93. The summed E-state index contributed by atoms with van der Waals surface area (Å²) in [6.45, 7) is 3.63. The number of halogens is 1. The number of nitriles is 1. The van der Waals surface area contributed by atoms with Crippen molar-refractivity contribution in [1.29, 1.82) is 5.26 Å². The van der Waals surface area contributed by atoms with Crippen LogP contribution in [-0.4, -0.2) is 16.6 Å². The molecule has 0 saturated heterocycles. The van der Waals surface area contributed by atoms with Crippen LogP contribution >= 0.6 is 0 Å². The first-order valence-corrected chi connectivity index (χ1v) is 5.60. The Morgan fingerprint density at radius 3 is 2.78 bits per heavy atom. The predicted octanol–water partition coefficient (Wildman–Crippen LogP) is 2.04. The fourth-order valence-electron chi connectivity index (χ4n) is 1.42. The minimum atomic E-state index is -1.03. The Labute approximate surface area is 105 Å². The lowest BCUT2D eigenvalue weighted by Crippen LogP contribution is -2.48. The highest BCUT2D eigenvalue weighted by atomic mass is 19.1. The average molecular weight is 250 g/mol. The molecule has 0 aromatic heterocycles. The molecular formula is C13H15FN2O2. The van der Waals surface area contributed by atoms with Gasteiger partial charge in [0, 0.05) is 6.54 Å². The zero-order chi connectivity index (χ0) is 13.8. The molecule has 1 aromatic carbocycles. The van der Waals surface area contributed by atoms with E-state index in [1.165, 1.54) is 18.2 Å². The molecule has 5 heteroatoms. The fourth-order valence-corrected chi connectivity index (χ4v) is 1.42. The molecule has 18 heavy (non-hydrogen) atoms. The van der Waals surface area contributed by atoms with Gasteiger partial charge in [-0.25, -0.2) is 4.39 Å². The summed E-state index contributed by atoms with van der Waals surface area (Å²) in [5.74, 6) is -1.51. The molecule has 0 saturated carbocycles. The molecule has 96 valence electrons. The number of carboxylic acids is 1. The monoisotopic (exact) mass is 250 g/mol. The summed E-state index contributed by atoms with van der Waals surface area (Å²) in [5, 5.41) is 20.7. The van der Waals surface area contributed by atoms with Crippen molar-refractivity contribution >= 4 is 5.97 Å². The maximum atomic E-state index is 13.1. The molecule has 0 amide bonds. The van der Waals surface area contributed by atoms with Crippen LogP contribution < -0.4 is 5.32 Å². The van der Waals surface area contributed by atoms with Crippen LogP contribution in [0.1, 0.15) is 31.4 Å². The van der Waals surface area contributed by atoms with Crippen LogP contribution in [0, 0.1) is 17.1 Å². The van der Waals surface area contributed by atoms with Gasteiger partial charge in [-0.2, -0.15) is 5.26 Å². The summed E-state index contributed by atoms with van der Waals surface area (Å²) in [6, 6.07) is 5.90. The van der Waals surface area contributed by atoms with Crippen molar-refractivity contribution in [2.45, 2.75) is 32.4 Å². The summed E-state index contributed by atoms with van der Waals surface area (Å²) in [7, 11) is 0. The number of rotatable bonds is 5. The summed E-state index contributed by atoms with van der Waals surface area (Å²) in [6.07, 6.45) is 0.425. The van der Waals surface area contributed by atoms with Crippen molar-refractivity contribution < 1.29 is 14.3 Å². The molecule has 1 aromatic rings. The zero-order valence-electron chi connectivity index (χ0n) is 10.3. The van der Waals surface area contributed by atoms with Crippen LogP contribution in [0.4, 0.5) is 4.39 Å². The molecule has 0 aliphatic rings. The van der Waals surface area contributed by atoms with Gasteiger partial charge < -0.3 is 5.11 Å². The fraction of sp³-hybridized carbons (Fsp3) is 0.385. The van der Waals surface area contributed by atoms with E-state index < -0.39 is 17.3 Å². The molecule has 0 heterocycles. The molecule has 0 fully saturated rings. The van der Waals surface area contributed by atoms with Crippen molar-refractivity contribution in [1.82, 2.24) is 5.32 Å². The minimum Gasteiger partial charge on any atom is -0.480 e. The van der Waals surface area contributed by atoms with Crippen molar-refractivity contribution in [2.75, 3.05) is 0 Å². The van der Waals surface area contributed by atoms with Crippen LogP contribution in [0.3, 0.4) is 0 Å². The second kappa shape index (κ2) is 5.61. The Balaban J connectivity index is 2.81. The van der Waals surface area contributed by atoms with E-state index >= 15 is 0 Å². The Morgan fingerprint density at radius 1 is 1.61 bits per heavy atom.